The number of rotatable bonds is 2. The molecule has 7 heavy (non-hydrogen) atoms. The Labute approximate surface area is 53.8 Å². The fourth-order valence-corrected chi connectivity index (χ4v) is 1.60. The molecule has 0 aromatic heterocycles. The van der Waals surface area contributed by atoms with Crippen LogP contribution >= 0.6 is 20.1 Å². The van der Waals surface area contributed by atoms with Gasteiger partial charge in [-0.2, -0.15) is 0 Å². The van der Waals surface area contributed by atoms with Gasteiger partial charge in [0, 0.05) is 0 Å². The van der Waals surface area contributed by atoms with Crippen LogP contribution in [0.2, 0.25) is 0 Å². The van der Waals surface area contributed by atoms with Crippen LogP contribution in [-0.2, 0) is 0 Å². The molecule has 0 saturated heterocycles. The molecule has 0 saturated carbocycles. The van der Waals surface area contributed by atoms with Crippen molar-refractivity contribution in [3.8, 4) is 0 Å². The Morgan fingerprint density at radius 1 is 1.43 bits per heavy atom. The summed E-state index contributed by atoms with van der Waals surface area (Å²) in [5.41, 5.74) is 0. The van der Waals surface area contributed by atoms with E-state index in [2.05, 4.69) is 29.1 Å². The Bertz CT molecular complexity index is 45.3. The second-order valence-corrected chi connectivity index (χ2v) is 8.24. The molecule has 0 bridgehead atoms. The third-order valence-electron chi connectivity index (χ3n) is 0.964. The molecule has 1 nitrogen and oxygen atoms in total. The fraction of sp³-hybridized carbons (Fsp3) is 1.00. The minimum atomic E-state index is -0.569. The second kappa shape index (κ2) is 3.66. The van der Waals surface area contributed by atoms with Crippen molar-refractivity contribution in [2.45, 2.75) is 6.92 Å². The molecule has 0 unspecified atom stereocenters. The van der Waals surface area contributed by atoms with Crippen LogP contribution in [0.25, 0.3) is 0 Å². The van der Waals surface area contributed by atoms with Crippen molar-refractivity contribution >= 4 is 20.1 Å². The first kappa shape index (κ1) is 7.69. The van der Waals surface area contributed by atoms with Crippen LogP contribution in [0.4, 0.5) is 0 Å². The van der Waals surface area contributed by atoms with Crippen LogP contribution in [0.5, 0.6) is 0 Å². The molecule has 0 atom stereocenters. The summed E-state index contributed by atoms with van der Waals surface area (Å²) in [5, 5.41) is 0. The Balaban J connectivity index is 3.14. The molecule has 0 spiro atoms. The molecule has 0 N–H and O–H groups in total. The quantitative estimate of drug-likeness (QED) is 0.384. The Hall–Kier alpha value is 0.690. The van der Waals surface area contributed by atoms with Crippen LogP contribution in [0.15, 0.2) is 0 Å². The van der Waals surface area contributed by atoms with Gasteiger partial charge in [-0.05, 0) is 0 Å². The second-order valence-electron chi connectivity index (χ2n) is 1.61. The molecule has 0 radical (unpaired) electrons. The number of hydrogen-bond donors (Lipinski definition) is 0. The van der Waals surface area contributed by atoms with E-state index in [1.54, 1.807) is 0 Å². The third kappa shape index (κ3) is 3.29. The summed E-state index contributed by atoms with van der Waals surface area (Å²) in [7, 11) is 4.35. The van der Waals surface area contributed by atoms with E-state index < -0.39 is 20.1 Å². The van der Waals surface area contributed by atoms with Gasteiger partial charge >= 0.3 is 53.6 Å². The summed E-state index contributed by atoms with van der Waals surface area (Å²) < 4.78 is 3.78. The molecule has 0 aliphatic carbocycles. The van der Waals surface area contributed by atoms with E-state index >= 15 is 0 Å². The first-order chi connectivity index (χ1) is 3.18. The molecule has 0 aliphatic rings. The van der Waals surface area contributed by atoms with Gasteiger partial charge in [0.1, 0.15) is 0 Å². The van der Waals surface area contributed by atoms with Gasteiger partial charge in [-0.1, -0.05) is 0 Å². The zero-order valence-corrected chi connectivity index (χ0v) is 7.69. The third-order valence-corrected chi connectivity index (χ3v) is 6.47. The summed E-state index contributed by atoms with van der Waals surface area (Å²) in [6.07, 6.45) is 0. The molecular formula is C5H14IN. The van der Waals surface area contributed by atoms with Gasteiger partial charge in [0.05, 0.1) is 0 Å². The molecule has 0 heterocycles. The first-order valence-corrected chi connectivity index (χ1v) is 7.06. The number of halogens is 1. The van der Waals surface area contributed by atoms with Crippen LogP contribution in [-0.4, -0.2) is 26.6 Å². The van der Waals surface area contributed by atoms with Crippen molar-refractivity contribution in [3.05, 3.63) is 0 Å². The standard InChI is InChI=1S/C5H14IN/c1-5-6(2)7(3)4/h5H2,1-4H3. The molecule has 0 aromatic rings. The Morgan fingerprint density at radius 2 is 1.86 bits per heavy atom. The molecule has 0 amide bonds. The van der Waals surface area contributed by atoms with E-state index in [1.165, 1.54) is 4.43 Å². The van der Waals surface area contributed by atoms with Gasteiger partial charge in [0.2, 0.25) is 0 Å². The summed E-state index contributed by atoms with van der Waals surface area (Å²) in [4.78, 5) is 2.38. The average molecular weight is 215 g/mol. The van der Waals surface area contributed by atoms with Gasteiger partial charge < -0.3 is 0 Å². The van der Waals surface area contributed by atoms with Crippen molar-refractivity contribution in [2.75, 3.05) is 23.5 Å². The first-order valence-electron chi connectivity index (χ1n) is 2.42. The monoisotopic (exact) mass is 215 g/mol. The molecule has 46 valence electrons. The van der Waals surface area contributed by atoms with Crippen LogP contribution in [0, 0.1) is 0 Å². The summed E-state index contributed by atoms with van der Waals surface area (Å²) >= 11 is -0.569. The molecular weight excluding hydrogens is 201 g/mol. The van der Waals surface area contributed by atoms with Gasteiger partial charge in [-0.15, -0.1) is 0 Å². The summed E-state index contributed by atoms with van der Waals surface area (Å²) in [6.45, 7) is 2.27. The average Bonchev–Trinajstić information content (AvgIpc) is 1.65. The van der Waals surface area contributed by atoms with Crippen molar-refractivity contribution in [2.24, 2.45) is 0 Å². The summed E-state index contributed by atoms with van der Waals surface area (Å²) in [5.74, 6) is 0. The molecule has 0 aromatic carbocycles. The van der Waals surface area contributed by atoms with E-state index in [9.17, 15) is 0 Å². The van der Waals surface area contributed by atoms with Crippen molar-refractivity contribution in [1.29, 1.82) is 0 Å². The number of nitrogens with zero attached hydrogens (tertiary/aromatic N) is 1. The van der Waals surface area contributed by atoms with Crippen LogP contribution < -0.4 is 0 Å². The number of hydrogen-bond acceptors (Lipinski definition) is 1. The zero-order chi connectivity index (χ0) is 5.86. The van der Waals surface area contributed by atoms with Crippen LogP contribution in [0.3, 0.4) is 0 Å². The molecule has 0 aliphatic heterocycles. The van der Waals surface area contributed by atoms with Crippen molar-refractivity contribution in [3.63, 3.8) is 0 Å². The maximum atomic E-state index is 2.38. The Kier molecular flexibility index (Phi) is 4.02. The molecule has 2 heteroatoms. The fourth-order valence-electron chi connectivity index (χ4n) is 0.239. The maximum absolute atomic E-state index is 2.38. The molecule has 0 rings (SSSR count). The van der Waals surface area contributed by atoms with Crippen molar-refractivity contribution in [1.82, 2.24) is 3.11 Å². The Morgan fingerprint density at radius 3 is 1.86 bits per heavy atom. The topological polar surface area (TPSA) is 3.24 Å². The normalized spacial score (nSPS) is 12.4. The van der Waals surface area contributed by atoms with Crippen LogP contribution in [0.1, 0.15) is 6.92 Å². The molecule has 0 fully saturated rings. The van der Waals surface area contributed by atoms with Gasteiger partial charge in [-0.25, -0.2) is 0 Å². The van der Waals surface area contributed by atoms with Gasteiger partial charge in [-0.3, -0.25) is 0 Å². The van der Waals surface area contributed by atoms with E-state index in [1.807, 2.05) is 0 Å². The minimum absolute atomic E-state index is 0.569. The van der Waals surface area contributed by atoms with Crippen molar-refractivity contribution < 1.29 is 0 Å². The summed E-state index contributed by atoms with van der Waals surface area (Å²) in [6, 6.07) is 0. The predicted octanol–water partition coefficient (Wildman–Crippen LogP) is 1.62. The predicted molar refractivity (Wildman–Crippen MR) is 44.2 cm³/mol. The van der Waals surface area contributed by atoms with Gasteiger partial charge in [0.15, 0.2) is 0 Å². The SMILES string of the molecule is CCI(C)N(C)C. The van der Waals surface area contributed by atoms with E-state index in [4.69, 9.17) is 0 Å². The van der Waals surface area contributed by atoms with Gasteiger partial charge in [0.25, 0.3) is 0 Å². The van der Waals surface area contributed by atoms with E-state index in [-0.39, 0.29) is 0 Å². The zero-order valence-electron chi connectivity index (χ0n) is 5.53. The van der Waals surface area contributed by atoms with E-state index in [0.717, 1.165) is 0 Å². The van der Waals surface area contributed by atoms with E-state index in [0.29, 0.717) is 0 Å². The number of alkyl halides is 2.